The van der Waals surface area contributed by atoms with Crippen LogP contribution in [0.25, 0.3) is 0 Å². The third-order valence-electron chi connectivity index (χ3n) is 3.24. The largest absolute Gasteiger partial charge is 0.466 e. The molecule has 1 unspecified atom stereocenters. The first-order valence-electron chi connectivity index (χ1n) is 6.88. The van der Waals surface area contributed by atoms with Crippen LogP contribution in [0.1, 0.15) is 38.8 Å². The van der Waals surface area contributed by atoms with Gasteiger partial charge >= 0.3 is 5.97 Å². The standard InChI is InChI=1S/C15H21BrFNO2/c1-4-18(5-2)14(10-15(19)20-6-3)12-9-11(16)7-8-13(12)17/h7-9,14H,4-6,10H2,1-3H3. The van der Waals surface area contributed by atoms with Crippen molar-refractivity contribution in [1.29, 1.82) is 0 Å². The molecule has 0 spiro atoms. The molecule has 0 saturated carbocycles. The summed E-state index contributed by atoms with van der Waals surface area (Å²) in [6, 6.07) is 4.50. The lowest BCUT2D eigenvalue weighted by molar-refractivity contribution is -0.144. The summed E-state index contributed by atoms with van der Waals surface area (Å²) in [5.41, 5.74) is 0.524. The summed E-state index contributed by atoms with van der Waals surface area (Å²) in [7, 11) is 0. The molecule has 1 aromatic rings. The van der Waals surface area contributed by atoms with Gasteiger partial charge < -0.3 is 4.74 Å². The topological polar surface area (TPSA) is 29.5 Å². The monoisotopic (exact) mass is 345 g/mol. The number of carbonyl (C=O) groups excluding carboxylic acids is 1. The lowest BCUT2D eigenvalue weighted by atomic mass is 10.0. The predicted octanol–water partition coefficient (Wildman–Crippen LogP) is 3.92. The molecule has 0 saturated heterocycles. The minimum atomic E-state index is -0.304. The summed E-state index contributed by atoms with van der Waals surface area (Å²) >= 11 is 3.35. The second-order valence-electron chi connectivity index (χ2n) is 4.41. The molecule has 0 aliphatic heterocycles. The third kappa shape index (κ3) is 4.56. The Hall–Kier alpha value is -0.940. The lowest BCUT2D eigenvalue weighted by Crippen LogP contribution is -2.31. The highest BCUT2D eigenvalue weighted by Crippen LogP contribution is 2.29. The van der Waals surface area contributed by atoms with Crippen molar-refractivity contribution >= 4 is 21.9 Å². The molecule has 1 rings (SSSR count). The molecule has 0 radical (unpaired) electrons. The van der Waals surface area contributed by atoms with E-state index in [9.17, 15) is 9.18 Å². The van der Waals surface area contributed by atoms with Crippen LogP contribution in [0.3, 0.4) is 0 Å². The van der Waals surface area contributed by atoms with E-state index >= 15 is 0 Å². The quantitative estimate of drug-likeness (QED) is 0.701. The number of hydrogen-bond donors (Lipinski definition) is 0. The Kier molecular flexibility index (Phi) is 7.16. The molecule has 5 heteroatoms. The van der Waals surface area contributed by atoms with E-state index in [4.69, 9.17) is 4.74 Å². The fourth-order valence-corrected chi connectivity index (χ4v) is 2.63. The van der Waals surface area contributed by atoms with Crippen molar-refractivity contribution < 1.29 is 13.9 Å². The molecule has 0 aromatic heterocycles. The van der Waals surface area contributed by atoms with Gasteiger partial charge in [0, 0.05) is 16.1 Å². The highest BCUT2D eigenvalue weighted by molar-refractivity contribution is 9.10. The highest BCUT2D eigenvalue weighted by Gasteiger charge is 2.25. The van der Waals surface area contributed by atoms with E-state index in [0.29, 0.717) is 12.2 Å². The predicted molar refractivity (Wildman–Crippen MR) is 81.0 cm³/mol. The highest BCUT2D eigenvalue weighted by atomic mass is 79.9. The number of carbonyl (C=O) groups is 1. The van der Waals surface area contributed by atoms with Gasteiger partial charge in [-0.05, 0) is 38.2 Å². The fraction of sp³-hybridized carbons (Fsp3) is 0.533. The normalized spacial score (nSPS) is 12.5. The smallest absolute Gasteiger partial charge is 0.307 e. The van der Waals surface area contributed by atoms with Crippen molar-refractivity contribution in [3.8, 4) is 0 Å². The second-order valence-corrected chi connectivity index (χ2v) is 5.33. The molecule has 0 heterocycles. The van der Waals surface area contributed by atoms with Crippen molar-refractivity contribution in [1.82, 2.24) is 4.90 Å². The van der Waals surface area contributed by atoms with Gasteiger partial charge in [-0.3, -0.25) is 9.69 Å². The Balaban J connectivity index is 3.08. The van der Waals surface area contributed by atoms with Crippen molar-refractivity contribution in [2.45, 2.75) is 33.2 Å². The van der Waals surface area contributed by atoms with Gasteiger partial charge in [0.1, 0.15) is 5.82 Å². The minimum Gasteiger partial charge on any atom is -0.466 e. The molecule has 1 aromatic carbocycles. The van der Waals surface area contributed by atoms with E-state index in [1.807, 2.05) is 13.8 Å². The SMILES string of the molecule is CCOC(=O)CC(c1cc(Br)ccc1F)N(CC)CC. The molecule has 20 heavy (non-hydrogen) atoms. The maximum Gasteiger partial charge on any atom is 0.307 e. The molecule has 0 fully saturated rings. The summed E-state index contributed by atoms with van der Waals surface area (Å²) < 4.78 is 19.9. The molecule has 0 amide bonds. The summed E-state index contributed by atoms with van der Waals surface area (Å²) in [4.78, 5) is 13.8. The second kappa shape index (κ2) is 8.37. The van der Waals surface area contributed by atoms with Gasteiger partial charge in [-0.1, -0.05) is 29.8 Å². The summed E-state index contributed by atoms with van der Waals surface area (Å²) in [6.45, 7) is 7.59. The average molecular weight is 346 g/mol. The summed E-state index contributed by atoms with van der Waals surface area (Å²) in [5, 5.41) is 0. The molecule has 3 nitrogen and oxygen atoms in total. The van der Waals surface area contributed by atoms with E-state index in [0.717, 1.165) is 17.6 Å². The zero-order chi connectivity index (χ0) is 15.1. The van der Waals surface area contributed by atoms with E-state index < -0.39 is 0 Å². The third-order valence-corrected chi connectivity index (χ3v) is 3.73. The first-order valence-corrected chi connectivity index (χ1v) is 7.67. The van der Waals surface area contributed by atoms with E-state index in [2.05, 4.69) is 20.8 Å². The van der Waals surface area contributed by atoms with Crippen LogP contribution in [0.4, 0.5) is 4.39 Å². The molecular formula is C15H21BrFNO2. The van der Waals surface area contributed by atoms with Gasteiger partial charge in [0.2, 0.25) is 0 Å². The summed E-state index contributed by atoms with van der Waals surface area (Å²) in [6.07, 6.45) is 0.156. The molecule has 0 N–H and O–H groups in total. The number of benzene rings is 1. The number of nitrogens with zero attached hydrogens (tertiary/aromatic N) is 1. The zero-order valence-corrected chi connectivity index (χ0v) is 13.7. The van der Waals surface area contributed by atoms with Gasteiger partial charge in [-0.2, -0.15) is 0 Å². The number of esters is 1. The van der Waals surface area contributed by atoms with Crippen LogP contribution in [0.15, 0.2) is 22.7 Å². The Morgan fingerprint density at radius 3 is 2.55 bits per heavy atom. The van der Waals surface area contributed by atoms with E-state index in [1.165, 1.54) is 6.07 Å². The van der Waals surface area contributed by atoms with Crippen molar-refractivity contribution in [3.63, 3.8) is 0 Å². The molecule has 0 bridgehead atoms. The Morgan fingerprint density at radius 1 is 1.35 bits per heavy atom. The molecule has 112 valence electrons. The van der Waals surface area contributed by atoms with Crippen molar-refractivity contribution in [2.24, 2.45) is 0 Å². The molecule has 0 aliphatic carbocycles. The average Bonchev–Trinajstić information content (AvgIpc) is 2.42. The fourth-order valence-electron chi connectivity index (χ4n) is 2.25. The van der Waals surface area contributed by atoms with Crippen molar-refractivity contribution in [3.05, 3.63) is 34.1 Å². The van der Waals surface area contributed by atoms with Crippen LogP contribution in [-0.2, 0) is 9.53 Å². The number of ether oxygens (including phenoxy) is 1. The maximum absolute atomic E-state index is 14.1. The van der Waals surface area contributed by atoms with Crippen LogP contribution in [0, 0.1) is 5.82 Å². The summed E-state index contributed by atoms with van der Waals surface area (Å²) in [5.74, 6) is -0.599. The van der Waals surface area contributed by atoms with Crippen LogP contribution in [0.2, 0.25) is 0 Å². The Morgan fingerprint density at radius 2 is 2.00 bits per heavy atom. The van der Waals surface area contributed by atoms with E-state index in [1.54, 1.807) is 19.1 Å². The van der Waals surface area contributed by atoms with Gasteiger partial charge in [0.05, 0.1) is 13.0 Å². The van der Waals surface area contributed by atoms with Gasteiger partial charge in [0.15, 0.2) is 0 Å². The van der Waals surface area contributed by atoms with Crippen molar-refractivity contribution in [2.75, 3.05) is 19.7 Å². The molecule has 0 aliphatic rings. The van der Waals surface area contributed by atoms with Crippen LogP contribution in [-0.4, -0.2) is 30.6 Å². The number of rotatable bonds is 7. The van der Waals surface area contributed by atoms with Crippen LogP contribution in [0.5, 0.6) is 0 Å². The van der Waals surface area contributed by atoms with E-state index in [-0.39, 0.29) is 24.2 Å². The lowest BCUT2D eigenvalue weighted by Gasteiger charge is -2.29. The first kappa shape index (κ1) is 17.1. The van der Waals surface area contributed by atoms with Crippen LogP contribution >= 0.6 is 15.9 Å². The minimum absolute atomic E-state index is 0.156. The first-order chi connectivity index (χ1) is 9.53. The number of hydrogen-bond acceptors (Lipinski definition) is 3. The van der Waals surface area contributed by atoms with Gasteiger partial charge in [-0.25, -0.2) is 4.39 Å². The Bertz CT molecular complexity index is 449. The molecular weight excluding hydrogens is 325 g/mol. The number of halogens is 2. The Labute approximate surface area is 128 Å². The van der Waals surface area contributed by atoms with Gasteiger partial charge in [0.25, 0.3) is 0 Å². The maximum atomic E-state index is 14.1. The van der Waals surface area contributed by atoms with Crippen LogP contribution < -0.4 is 0 Å². The zero-order valence-electron chi connectivity index (χ0n) is 12.2. The van der Waals surface area contributed by atoms with Gasteiger partial charge in [-0.15, -0.1) is 0 Å². The molecule has 1 atom stereocenters.